The molecule has 1 aromatic rings. The minimum atomic E-state index is -0.313. The first-order valence-corrected chi connectivity index (χ1v) is 7.83. The van der Waals surface area contributed by atoms with E-state index in [0.717, 1.165) is 30.4 Å². The van der Waals surface area contributed by atoms with Gasteiger partial charge in [0, 0.05) is 17.6 Å². The highest BCUT2D eigenvalue weighted by Crippen LogP contribution is 2.29. The molecule has 112 valence electrons. The van der Waals surface area contributed by atoms with E-state index >= 15 is 0 Å². The van der Waals surface area contributed by atoms with Crippen LogP contribution in [-0.2, 0) is 9.59 Å². The molecule has 0 bridgehead atoms. The Morgan fingerprint density at radius 1 is 1.38 bits per heavy atom. The Bertz CT molecular complexity index is 537. The van der Waals surface area contributed by atoms with Crippen molar-refractivity contribution < 1.29 is 9.59 Å². The Kier molecular flexibility index (Phi) is 5.56. The number of piperidine rings is 1. The van der Waals surface area contributed by atoms with E-state index in [1.54, 1.807) is 0 Å². The van der Waals surface area contributed by atoms with Crippen molar-refractivity contribution in [2.24, 2.45) is 0 Å². The molecule has 0 radical (unpaired) electrons. The highest BCUT2D eigenvalue weighted by molar-refractivity contribution is 9.10. The van der Waals surface area contributed by atoms with Crippen LogP contribution < -0.4 is 5.32 Å². The first-order chi connectivity index (χ1) is 10.1. The van der Waals surface area contributed by atoms with Gasteiger partial charge in [-0.3, -0.25) is 9.59 Å². The summed E-state index contributed by atoms with van der Waals surface area (Å²) >= 11 is 3.49. The van der Waals surface area contributed by atoms with Crippen LogP contribution >= 0.6 is 15.9 Å². The minimum absolute atomic E-state index is 0.0297. The van der Waals surface area contributed by atoms with Gasteiger partial charge in [0.25, 0.3) is 0 Å². The molecule has 5 heteroatoms. The summed E-state index contributed by atoms with van der Waals surface area (Å²) in [4.78, 5) is 24.9. The van der Waals surface area contributed by atoms with Gasteiger partial charge in [0.15, 0.2) is 0 Å². The number of likely N-dealkylation sites (tertiary alicyclic amines) is 1. The fourth-order valence-electron chi connectivity index (χ4n) is 2.57. The monoisotopic (exact) mass is 350 g/mol. The molecule has 0 aromatic heterocycles. The Labute approximate surface area is 133 Å². The summed E-state index contributed by atoms with van der Waals surface area (Å²) in [5.41, 5.74) is 1.32. The normalized spacial score (nSPS) is 15.6. The molecule has 1 aliphatic rings. The highest BCUT2D eigenvalue weighted by atomic mass is 79.9. The van der Waals surface area contributed by atoms with E-state index in [0.29, 0.717) is 5.92 Å². The summed E-state index contributed by atoms with van der Waals surface area (Å²) in [7, 11) is 0. The van der Waals surface area contributed by atoms with Crippen molar-refractivity contribution in [1.82, 2.24) is 10.2 Å². The first kappa shape index (κ1) is 15.8. The topological polar surface area (TPSA) is 49.4 Å². The maximum Gasteiger partial charge on any atom is 0.243 e. The molecule has 1 aromatic carbocycles. The second-order valence-electron chi connectivity index (χ2n) is 5.13. The number of amides is 2. The molecule has 0 atom stereocenters. The molecule has 0 unspecified atom stereocenters. The fraction of sp³-hybridized carbons (Fsp3) is 0.375. The van der Waals surface area contributed by atoms with Gasteiger partial charge >= 0.3 is 0 Å². The minimum Gasteiger partial charge on any atom is -0.343 e. The van der Waals surface area contributed by atoms with Gasteiger partial charge in [0.2, 0.25) is 11.8 Å². The number of hydrogen-bond acceptors (Lipinski definition) is 2. The van der Waals surface area contributed by atoms with Gasteiger partial charge in [-0.25, -0.2) is 0 Å². The fourth-order valence-corrected chi connectivity index (χ4v) is 2.99. The summed E-state index contributed by atoms with van der Waals surface area (Å²) in [6.07, 6.45) is 3.09. The average Bonchev–Trinajstić information content (AvgIpc) is 2.52. The molecule has 21 heavy (non-hydrogen) atoms. The SMILES string of the molecule is C=CC(=O)NCC(=O)N1CCC(c2cccc(Br)c2)CC1. The molecular formula is C16H19BrN2O2. The zero-order valence-electron chi connectivity index (χ0n) is 11.8. The van der Waals surface area contributed by atoms with Gasteiger partial charge in [-0.05, 0) is 42.5 Å². The number of hydrogen-bond donors (Lipinski definition) is 1. The highest BCUT2D eigenvalue weighted by Gasteiger charge is 2.23. The van der Waals surface area contributed by atoms with Crippen molar-refractivity contribution in [3.8, 4) is 0 Å². The zero-order chi connectivity index (χ0) is 15.2. The smallest absolute Gasteiger partial charge is 0.243 e. The molecule has 0 spiro atoms. The molecule has 4 nitrogen and oxygen atoms in total. The van der Waals surface area contributed by atoms with Crippen LogP contribution in [0.2, 0.25) is 0 Å². The van der Waals surface area contributed by atoms with Crippen LogP contribution in [0.3, 0.4) is 0 Å². The molecular weight excluding hydrogens is 332 g/mol. The summed E-state index contributed by atoms with van der Waals surface area (Å²) in [5.74, 6) is 0.152. The number of benzene rings is 1. The lowest BCUT2D eigenvalue weighted by atomic mass is 9.89. The maximum atomic E-state index is 12.0. The average molecular weight is 351 g/mol. The van der Waals surface area contributed by atoms with Crippen LogP contribution in [0.15, 0.2) is 41.4 Å². The number of halogens is 1. The number of rotatable bonds is 4. The molecule has 1 heterocycles. The standard InChI is InChI=1S/C16H19BrN2O2/c1-2-15(20)18-11-16(21)19-8-6-12(7-9-19)13-4-3-5-14(17)10-13/h2-5,10,12H,1,6-9,11H2,(H,18,20). The first-order valence-electron chi connectivity index (χ1n) is 7.03. The van der Waals surface area contributed by atoms with Crippen molar-refractivity contribution in [3.63, 3.8) is 0 Å². The van der Waals surface area contributed by atoms with E-state index in [9.17, 15) is 9.59 Å². The lowest BCUT2D eigenvalue weighted by Crippen LogP contribution is -2.43. The second-order valence-corrected chi connectivity index (χ2v) is 6.05. The largest absolute Gasteiger partial charge is 0.343 e. The van der Waals surface area contributed by atoms with Gasteiger partial charge in [-0.15, -0.1) is 0 Å². The second kappa shape index (κ2) is 7.41. The third kappa shape index (κ3) is 4.43. The Hall–Kier alpha value is -1.62. The molecule has 2 amide bonds. The molecule has 1 saturated heterocycles. The number of nitrogens with zero attached hydrogens (tertiary/aromatic N) is 1. The van der Waals surface area contributed by atoms with Crippen molar-refractivity contribution in [1.29, 1.82) is 0 Å². The predicted octanol–water partition coefficient (Wildman–Crippen LogP) is 2.46. The van der Waals surface area contributed by atoms with E-state index in [1.807, 2.05) is 17.0 Å². The molecule has 1 N–H and O–H groups in total. The molecule has 1 aliphatic heterocycles. The molecule has 0 aliphatic carbocycles. The third-order valence-corrected chi connectivity index (χ3v) is 4.26. The van der Waals surface area contributed by atoms with Crippen molar-refractivity contribution >= 4 is 27.7 Å². The Morgan fingerprint density at radius 3 is 2.71 bits per heavy atom. The van der Waals surface area contributed by atoms with Gasteiger partial charge in [-0.1, -0.05) is 34.6 Å². The third-order valence-electron chi connectivity index (χ3n) is 3.77. The predicted molar refractivity (Wildman–Crippen MR) is 85.9 cm³/mol. The van der Waals surface area contributed by atoms with Gasteiger partial charge < -0.3 is 10.2 Å². The number of nitrogens with one attached hydrogen (secondary N) is 1. The lowest BCUT2D eigenvalue weighted by Gasteiger charge is -2.32. The summed E-state index contributed by atoms with van der Waals surface area (Å²) < 4.78 is 1.09. The summed E-state index contributed by atoms with van der Waals surface area (Å²) in [6.45, 7) is 4.88. The van der Waals surface area contributed by atoms with E-state index in [4.69, 9.17) is 0 Å². The molecule has 2 rings (SSSR count). The summed E-state index contributed by atoms with van der Waals surface area (Å²) in [5, 5.41) is 2.53. The quantitative estimate of drug-likeness (QED) is 0.848. The number of carbonyl (C=O) groups excluding carboxylic acids is 2. The van der Waals surface area contributed by atoms with E-state index < -0.39 is 0 Å². The number of carbonyl (C=O) groups is 2. The van der Waals surface area contributed by atoms with Crippen LogP contribution in [0, 0.1) is 0 Å². The van der Waals surface area contributed by atoms with Crippen molar-refractivity contribution in [2.75, 3.05) is 19.6 Å². The van der Waals surface area contributed by atoms with Crippen LogP contribution in [0.4, 0.5) is 0 Å². The van der Waals surface area contributed by atoms with Crippen molar-refractivity contribution in [2.45, 2.75) is 18.8 Å². The molecule has 0 saturated carbocycles. The van der Waals surface area contributed by atoms with E-state index in [2.05, 4.69) is 40.0 Å². The maximum absolute atomic E-state index is 12.0. The van der Waals surface area contributed by atoms with Gasteiger partial charge in [-0.2, -0.15) is 0 Å². The lowest BCUT2D eigenvalue weighted by molar-refractivity contribution is -0.133. The van der Waals surface area contributed by atoms with Crippen LogP contribution in [0.5, 0.6) is 0 Å². The van der Waals surface area contributed by atoms with E-state index in [-0.39, 0.29) is 18.4 Å². The Balaban J connectivity index is 1.84. The molecule has 1 fully saturated rings. The summed E-state index contributed by atoms with van der Waals surface area (Å²) in [6, 6.07) is 8.34. The van der Waals surface area contributed by atoms with Crippen molar-refractivity contribution in [3.05, 3.63) is 47.0 Å². The Morgan fingerprint density at radius 2 is 2.10 bits per heavy atom. The van der Waals surface area contributed by atoms with Crippen LogP contribution in [0.25, 0.3) is 0 Å². The van der Waals surface area contributed by atoms with E-state index in [1.165, 1.54) is 11.6 Å². The zero-order valence-corrected chi connectivity index (χ0v) is 13.4. The van der Waals surface area contributed by atoms with Crippen LogP contribution in [0.1, 0.15) is 24.3 Å². The van der Waals surface area contributed by atoms with Crippen LogP contribution in [-0.4, -0.2) is 36.3 Å². The van der Waals surface area contributed by atoms with Gasteiger partial charge in [0.05, 0.1) is 6.54 Å². The van der Waals surface area contributed by atoms with Gasteiger partial charge in [0.1, 0.15) is 0 Å².